The Morgan fingerprint density at radius 2 is 2.11 bits per heavy atom. The quantitative estimate of drug-likeness (QED) is 0.829. The van der Waals surface area contributed by atoms with Crippen LogP contribution in [-0.4, -0.2) is 25.2 Å². The Hall–Kier alpha value is -1.75. The van der Waals surface area contributed by atoms with E-state index < -0.39 is 6.04 Å². The van der Waals surface area contributed by atoms with Gasteiger partial charge in [-0.1, -0.05) is 13.0 Å². The maximum absolute atomic E-state index is 11.5. The van der Waals surface area contributed by atoms with Gasteiger partial charge >= 0.3 is 0 Å². The number of benzene rings is 1. The van der Waals surface area contributed by atoms with E-state index >= 15 is 0 Å². The van der Waals surface area contributed by atoms with Gasteiger partial charge in [-0.05, 0) is 24.1 Å². The summed E-state index contributed by atoms with van der Waals surface area (Å²) in [7, 11) is 0. The predicted molar refractivity (Wildman–Crippen MR) is 67.5 cm³/mol. The second-order valence-electron chi connectivity index (χ2n) is 4.21. The van der Waals surface area contributed by atoms with Gasteiger partial charge in [-0.2, -0.15) is 0 Å². The van der Waals surface area contributed by atoms with Gasteiger partial charge in [0.25, 0.3) is 0 Å². The van der Waals surface area contributed by atoms with E-state index in [2.05, 4.69) is 5.32 Å². The van der Waals surface area contributed by atoms with Crippen molar-refractivity contribution in [2.45, 2.75) is 25.9 Å². The lowest BCUT2D eigenvalue weighted by molar-refractivity contribution is -0.122. The molecule has 0 saturated heterocycles. The maximum atomic E-state index is 11.5. The molecular weight excluding hydrogens is 232 g/mol. The second-order valence-corrected chi connectivity index (χ2v) is 4.21. The molecule has 1 heterocycles. The maximum Gasteiger partial charge on any atom is 0.237 e. The van der Waals surface area contributed by atoms with Crippen LogP contribution in [0.5, 0.6) is 11.5 Å². The average molecular weight is 250 g/mol. The van der Waals surface area contributed by atoms with E-state index in [0.717, 1.165) is 17.1 Å². The summed E-state index contributed by atoms with van der Waals surface area (Å²) >= 11 is 0. The van der Waals surface area contributed by atoms with Crippen LogP contribution in [-0.2, 0) is 11.3 Å². The van der Waals surface area contributed by atoms with Crippen molar-refractivity contribution >= 4 is 5.91 Å². The van der Waals surface area contributed by atoms with Gasteiger partial charge in [-0.3, -0.25) is 4.79 Å². The number of carbonyl (C=O) groups excluding carboxylic acids is 1. The molecule has 1 aliphatic rings. The highest BCUT2D eigenvalue weighted by Crippen LogP contribution is 2.30. The summed E-state index contributed by atoms with van der Waals surface area (Å²) < 4.78 is 10.9. The average Bonchev–Trinajstić information content (AvgIpc) is 2.43. The molecule has 5 nitrogen and oxygen atoms in total. The Kier molecular flexibility index (Phi) is 4.04. The minimum atomic E-state index is -0.442. The fourth-order valence-corrected chi connectivity index (χ4v) is 1.70. The summed E-state index contributed by atoms with van der Waals surface area (Å²) in [6.07, 6.45) is 0.632. The summed E-state index contributed by atoms with van der Waals surface area (Å²) in [6.45, 7) is 3.47. The molecule has 18 heavy (non-hydrogen) atoms. The number of amides is 1. The molecule has 5 heteroatoms. The monoisotopic (exact) mass is 250 g/mol. The summed E-state index contributed by atoms with van der Waals surface area (Å²) in [5.74, 6) is 1.35. The zero-order chi connectivity index (χ0) is 13.0. The van der Waals surface area contributed by atoms with Crippen LogP contribution in [0.1, 0.15) is 18.9 Å². The Labute approximate surface area is 106 Å². The number of hydrogen-bond donors (Lipinski definition) is 2. The van der Waals surface area contributed by atoms with E-state index in [0.29, 0.717) is 26.2 Å². The number of carbonyl (C=O) groups is 1. The minimum Gasteiger partial charge on any atom is -0.486 e. The molecule has 98 valence electrons. The molecule has 0 unspecified atom stereocenters. The van der Waals surface area contributed by atoms with Crippen LogP contribution in [0.3, 0.4) is 0 Å². The van der Waals surface area contributed by atoms with Crippen molar-refractivity contribution in [2.75, 3.05) is 13.2 Å². The van der Waals surface area contributed by atoms with Crippen molar-refractivity contribution in [1.82, 2.24) is 5.32 Å². The van der Waals surface area contributed by atoms with Crippen LogP contribution in [0.2, 0.25) is 0 Å². The van der Waals surface area contributed by atoms with Crippen molar-refractivity contribution in [3.05, 3.63) is 23.8 Å². The third-order valence-electron chi connectivity index (χ3n) is 2.85. The molecular formula is C13H18N2O3. The smallest absolute Gasteiger partial charge is 0.237 e. The molecule has 1 atom stereocenters. The molecule has 0 aliphatic carbocycles. The first kappa shape index (κ1) is 12.7. The van der Waals surface area contributed by atoms with Gasteiger partial charge in [0, 0.05) is 6.54 Å². The SMILES string of the molecule is CC[C@@H](N)C(=O)NCc1ccc2c(c1)OCCO2. The van der Waals surface area contributed by atoms with E-state index in [9.17, 15) is 4.79 Å². The van der Waals surface area contributed by atoms with Crippen molar-refractivity contribution in [1.29, 1.82) is 0 Å². The Bertz CT molecular complexity index is 434. The van der Waals surface area contributed by atoms with Crippen LogP contribution in [0.15, 0.2) is 18.2 Å². The predicted octanol–water partition coefficient (Wildman–Crippen LogP) is 0.811. The third kappa shape index (κ3) is 2.92. The van der Waals surface area contributed by atoms with Gasteiger partial charge in [0.2, 0.25) is 5.91 Å². The van der Waals surface area contributed by atoms with E-state index in [-0.39, 0.29) is 5.91 Å². The summed E-state index contributed by atoms with van der Waals surface area (Å²) in [6, 6.07) is 5.20. The van der Waals surface area contributed by atoms with Crippen LogP contribution >= 0.6 is 0 Å². The molecule has 3 N–H and O–H groups in total. The molecule has 1 amide bonds. The molecule has 1 aromatic carbocycles. The largest absolute Gasteiger partial charge is 0.486 e. The van der Waals surface area contributed by atoms with Gasteiger partial charge in [0.15, 0.2) is 11.5 Å². The molecule has 0 bridgehead atoms. The van der Waals surface area contributed by atoms with Gasteiger partial charge in [0.1, 0.15) is 13.2 Å². The topological polar surface area (TPSA) is 73.6 Å². The molecule has 1 aromatic rings. The van der Waals surface area contributed by atoms with Crippen molar-refractivity contribution in [3.8, 4) is 11.5 Å². The number of fused-ring (bicyclic) bond motifs is 1. The highest BCUT2D eigenvalue weighted by Gasteiger charge is 2.13. The second kappa shape index (κ2) is 5.73. The summed E-state index contributed by atoms with van der Waals surface area (Å²) in [5, 5.41) is 2.80. The van der Waals surface area contributed by atoms with E-state index in [1.807, 2.05) is 25.1 Å². The molecule has 0 radical (unpaired) electrons. The lowest BCUT2D eigenvalue weighted by Crippen LogP contribution is -2.39. The Morgan fingerprint density at radius 3 is 2.83 bits per heavy atom. The number of nitrogens with two attached hydrogens (primary N) is 1. The fraction of sp³-hybridized carbons (Fsp3) is 0.462. The summed E-state index contributed by atoms with van der Waals surface area (Å²) in [5.41, 5.74) is 6.60. The van der Waals surface area contributed by atoms with Gasteiger partial charge in [-0.15, -0.1) is 0 Å². The highest BCUT2D eigenvalue weighted by atomic mass is 16.6. The zero-order valence-electron chi connectivity index (χ0n) is 10.4. The lowest BCUT2D eigenvalue weighted by Gasteiger charge is -2.19. The van der Waals surface area contributed by atoms with Crippen LogP contribution in [0, 0.1) is 0 Å². The first-order valence-electron chi connectivity index (χ1n) is 6.12. The molecule has 0 spiro atoms. The van der Waals surface area contributed by atoms with Crippen LogP contribution in [0.25, 0.3) is 0 Å². The molecule has 0 saturated carbocycles. The normalized spacial score (nSPS) is 15.0. The number of nitrogens with one attached hydrogen (secondary N) is 1. The van der Waals surface area contributed by atoms with Gasteiger partial charge in [-0.25, -0.2) is 0 Å². The number of rotatable bonds is 4. The van der Waals surface area contributed by atoms with Crippen LogP contribution in [0.4, 0.5) is 0 Å². The first-order chi connectivity index (χ1) is 8.70. The summed E-state index contributed by atoms with van der Waals surface area (Å²) in [4.78, 5) is 11.5. The van der Waals surface area contributed by atoms with E-state index in [1.54, 1.807) is 0 Å². The van der Waals surface area contributed by atoms with Crippen molar-refractivity contribution in [3.63, 3.8) is 0 Å². The standard InChI is InChI=1S/C13H18N2O3/c1-2-10(14)13(16)15-8-9-3-4-11-12(7-9)18-6-5-17-11/h3-4,7,10H,2,5-6,8,14H2,1H3,(H,15,16)/t10-/m1/s1. The molecule has 1 aliphatic heterocycles. The number of ether oxygens (including phenoxy) is 2. The Balaban J connectivity index is 1.96. The van der Waals surface area contributed by atoms with Gasteiger partial charge in [0.05, 0.1) is 6.04 Å². The molecule has 0 fully saturated rings. The lowest BCUT2D eigenvalue weighted by atomic mass is 10.1. The first-order valence-corrected chi connectivity index (χ1v) is 6.12. The van der Waals surface area contributed by atoms with E-state index in [1.165, 1.54) is 0 Å². The minimum absolute atomic E-state index is 0.132. The van der Waals surface area contributed by atoms with Crippen LogP contribution < -0.4 is 20.5 Å². The van der Waals surface area contributed by atoms with Gasteiger partial charge < -0.3 is 20.5 Å². The number of hydrogen-bond acceptors (Lipinski definition) is 4. The van der Waals surface area contributed by atoms with Crippen molar-refractivity contribution in [2.24, 2.45) is 5.73 Å². The third-order valence-corrected chi connectivity index (χ3v) is 2.85. The van der Waals surface area contributed by atoms with Crippen molar-refractivity contribution < 1.29 is 14.3 Å². The fourth-order valence-electron chi connectivity index (χ4n) is 1.70. The zero-order valence-corrected chi connectivity index (χ0v) is 10.4. The van der Waals surface area contributed by atoms with E-state index in [4.69, 9.17) is 15.2 Å². The Morgan fingerprint density at radius 1 is 1.39 bits per heavy atom. The highest BCUT2D eigenvalue weighted by molar-refractivity contribution is 5.81. The molecule has 2 rings (SSSR count). The molecule has 0 aromatic heterocycles.